The van der Waals surface area contributed by atoms with Crippen molar-refractivity contribution in [2.75, 3.05) is 5.32 Å². The highest BCUT2D eigenvalue weighted by atomic mass is 16.1. The Kier molecular flexibility index (Phi) is 3.16. The standard InChI is InChI=1S/C12H13N3O/c13-7-9-5-6-11(14-8-9)15-12(16)10-3-1-2-4-10/h5-6,8,10H,1-4H2,(H,14,15,16). The lowest BCUT2D eigenvalue weighted by Crippen LogP contribution is -2.20. The van der Waals surface area contributed by atoms with Gasteiger partial charge in [0.1, 0.15) is 11.9 Å². The molecule has 16 heavy (non-hydrogen) atoms. The first-order chi connectivity index (χ1) is 7.79. The molecule has 2 rings (SSSR count). The van der Waals surface area contributed by atoms with Crippen LogP contribution in [0.1, 0.15) is 31.2 Å². The quantitative estimate of drug-likeness (QED) is 0.821. The van der Waals surface area contributed by atoms with Gasteiger partial charge in [-0.05, 0) is 25.0 Å². The van der Waals surface area contributed by atoms with Crippen LogP contribution in [0.2, 0.25) is 0 Å². The Labute approximate surface area is 94.3 Å². The van der Waals surface area contributed by atoms with Crippen molar-refractivity contribution in [2.24, 2.45) is 5.92 Å². The fourth-order valence-corrected chi connectivity index (χ4v) is 1.95. The van der Waals surface area contributed by atoms with E-state index in [1.807, 2.05) is 6.07 Å². The second-order valence-corrected chi connectivity index (χ2v) is 4.01. The average molecular weight is 215 g/mol. The maximum Gasteiger partial charge on any atom is 0.228 e. The fourth-order valence-electron chi connectivity index (χ4n) is 1.95. The van der Waals surface area contributed by atoms with Crippen LogP contribution in [0, 0.1) is 17.2 Å². The normalized spacial score (nSPS) is 15.7. The molecular weight excluding hydrogens is 202 g/mol. The first kappa shape index (κ1) is 10.6. The number of hydrogen-bond acceptors (Lipinski definition) is 3. The Balaban J connectivity index is 1.98. The number of nitriles is 1. The summed E-state index contributed by atoms with van der Waals surface area (Å²) in [4.78, 5) is 15.8. The number of pyridine rings is 1. The van der Waals surface area contributed by atoms with E-state index in [4.69, 9.17) is 5.26 Å². The van der Waals surface area contributed by atoms with E-state index in [1.54, 1.807) is 12.1 Å². The molecule has 0 bridgehead atoms. The van der Waals surface area contributed by atoms with Crippen LogP contribution in [0.25, 0.3) is 0 Å². The van der Waals surface area contributed by atoms with Crippen LogP contribution in [-0.4, -0.2) is 10.9 Å². The van der Waals surface area contributed by atoms with Crippen LogP contribution in [-0.2, 0) is 4.79 Å². The van der Waals surface area contributed by atoms with Crippen molar-refractivity contribution in [3.05, 3.63) is 23.9 Å². The number of amides is 1. The molecule has 0 saturated heterocycles. The molecule has 82 valence electrons. The summed E-state index contributed by atoms with van der Waals surface area (Å²) in [6.07, 6.45) is 5.69. The summed E-state index contributed by atoms with van der Waals surface area (Å²) in [7, 11) is 0. The molecule has 0 aliphatic heterocycles. The van der Waals surface area contributed by atoms with Gasteiger partial charge in [-0.15, -0.1) is 0 Å². The summed E-state index contributed by atoms with van der Waals surface area (Å²) in [5.41, 5.74) is 0.499. The van der Waals surface area contributed by atoms with Crippen molar-refractivity contribution in [3.8, 4) is 6.07 Å². The first-order valence-corrected chi connectivity index (χ1v) is 5.46. The molecule has 1 aliphatic rings. The van der Waals surface area contributed by atoms with Gasteiger partial charge in [0, 0.05) is 12.1 Å². The van der Waals surface area contributed by atoms with E-state index >= 15 is 0 Å². The van der Waals surface area contributed by atoms with Crippen LogP contribution in [0.5, 0.6) is 0 Å². The van der Waals surface area contributed by atoms with Crippen LogP contribution >= 0.6 is 0 Å². The van der Waals surface area contributed by atoms with Crippen LogP contribution in [0.3, 0.4) is 0 Å². The zero-order valence-electron chi connectivity index (χ0n) is 8.94. The van der Waals surface area contributed by atoms with E-state index in [1.165, 1.54) is 6.20 Å². The molecule has 1 heterocycles. The van der Waals surface area contributed by atoms with Crippen molar-refractivity contribution in [3.63, 3.8) is 0 Å². The molecule has 1 aliphatic carbocycles. The Morgan fingerprint density at radius 3 is 2.75 bits per heavy atom. The molecule has 0 radical (unpaired) electrons. The van der Waals surface area contributed by atoms with Crippen molar-refractivity contribution in [1.29, 1.82) is 5.26 Å². The van der Waals surface area contributed by atoms with Gasteiger partial charge in [0.25, 0.3) is 0 Å². The number of aromatic nitrogens is 1. The molecule has 1 fully saturated rings. The molecule has 1 aromatic rings. The van der Waals surface area contributed by atoms with Gasteiger partial charge in [-0.3, -0.25) is 4.79 Å². The highest BCUT2D eigenvalue weighted by Crippen LogP contribution is 2.25. The molecule has 0 atom stereocenters. The predicted octanol–water partition coefficient (Wildman–Crippen LogP) is 2.08. The van der Waals surface area contributed by atoms with E-state index in [2.05, 4.69) is 10.3 Å². The summed E-state index contributed by atoms with van der Waals surface area (Å²) in [5.74, 6) is 0.711. The fraction of sp³-hybridized carbons (Fsp3) is 0.417. The van der Waals surface area contributed by atoms with Gasteiger partial charge in [0.15, 0.2) is 0 Å². The topological polar surface area (TPSA) is 65.8 Å². The van der Waals surface area contributed by atoms with E-state index < -0.39 is 0 Å². The summed E-state index contributed by atoms with van der Waals surface area (Å²) in [6, 6.07) is 5.30. The molecule has 1 amide bonds. The number of carbonyl (C=O) groups excluding carboxylic acids is 1. The second-order valence-electron chi connectivity index (χ2n) is 4.01. The van der Waals surface area contributed by atoms with Gasteiger partial charge in [0.05, 0.1) is 5.56 Å². The summed E-state index contributed by atoms with van der Waals surface area (Å²) >= 11 is 0. The lowest BCUT2D eigenvalue weighted by atomic mass is 10.1. The Bertz CT molecular complexity index is 413. The molecule has 0 aromatic carbocycles. The van der Waals surface area contributed by atoms with Crippen LogP contribution < -0.4 is 5.32 Å². The molecule has 4 nitrogen and oxygen atoms in total. The van der Waals surface area contributed by atoms with Gasteiger partial charge in [-0.2, -0.15) is 5.26 Å². The maximum absolute atomic E-state index is 11.8. The second kappa shape index (κ2) is 4.75. The highest BCUT2D eigenvalue weighted by molar-refractivity contribution is 5.91. The average Bonchev–Trinajstić information content (AvgIpc) is 2.83. The molecule has 1 aromatic heterocycles. The predicted molar refractivity (Wildman–Crippen MR) is 59.5 cm³/mol. The zero-order valence-corrected chi connectivity index (χ0v) is 8.94. The molecule has 1 N–H and O–H groups in total. The molecule has 4 heteroatoms. The Morgan fingerprint density at radius 2 is 2.19 bits per heavy atom. The lowest BCUT2D eigenvalue weighted by molar-refractivity contribution is -0.119. The zero-order chi connectivity index (χ0) is 11.4. The highest BCUT2D eigenvalue weighted by Gasteiger charge is 2.22. The van der Waals surface area contributed by atoms with Crippen molar-refractivity contribution in [2.45, 2.75) is 25.7 Å². The number of nitrogens with zero attached hydrogens (tertiary/aromatic N) is 2. The van der Waals surface area contributed by atoms with Gasteiger partial charge in [-0.1, -0.05) is 12.8 Å². The van der Waals surface area contributed by atoms with Crippen molar-refractivity contribution >= 4 is 11.7 Å². The van der Waals surface area contributed by atoms with Gasteiger partial charge in [0.2, 0.25) is 5.91 Å². The summed E-state index contributed by atoms with van der Waals surface area (Å²) in [5, 5.41) is 11.4. The van der Waals surface area contributed by atoms with E-state index in [9.17, 15) is 4.79 Å². The minimum absolute atomic E-state index is 0.0507. The summed E-state index contributed by atoms with van der Waals surface area (Å²) in [6.45, 7) is 0. The van der Waals surface area contributed by atoms with Gasteiger partial charge < -0.3 is 5.32 Å². The lowest BCUT2D eigenvalue weighted by Gasteiger charge is -2.09. The smallest absolute Gasteiger partial charge is 0.228 e. The number of rotatable bonds is 2. The minimum atomic E-state index is 0.0507. The SMILES string of the molecule is N#Cc1ccc(NC(=O)C2CCCC2)nc1. The molecule has 0 unspecified atom stereocenters. The van der Waals surface area contributed by atoms with Crippen LogP contribution in [0.4, 0.5) is 5.82 Å². The first-order valence-electron chi connectivity index (χ1n) is 5.46. The largest absolute Gasteiger partial charge is 0.310 e. The number of nitrogens with one attached hydrogen (secondary N) is 1. The summed E-state index contributed by atoms with van der Waals surface area (Å²) < 4.78 is 0. The third-order valence-corrected chi connectivity index (χ3v) is 2.87. The van der Waals surface area contributed by atoms with Gasteiger partial charge in [-0.25, -0.2) is 4.98 Å². The van der Waals surface area contributed by atoms with E-state index in [0.717, 1.165) is 25.7 Å². The Hall–Kier alpha value is -1.89. The minimum Gasteiger partial charge on any atom is -0.310 e. The third kappa shape index (κ3) is 2.37. The van der Waals surface area contributed by atoms with E-state index in [0.29, 0.717) is 11.4 Å². The number of carbonyl (C=O) groups is 1. The molecule has 0 spiro atoms. The number of hydrogen-bond donors (Lipinski definition) is 1. The molecular formula is C12H13N3O. The van der Waals surface area contributed by atoms with Crippen molar-refractivity contribution in [1.82, 2.24) is 4.98 Å². The third-order valence-electron chi connectivity index (χ3n) is 2.87. The monoisotopic (exact) mass is 215 g/mol. The van der Waals surface area contributed by atoms with E-state index in [-0.39, 0.29) is 11.8 Å². The van der Waals surface area contributed by atoms with Gasteiger partial charge >= 0.3 is 0 Å². The Morgan fingerprint density at radius 1 is 1.44 bits per heavy atom. The van der Waals surface area contributed by atoms with Crippen LogP contribution in [0.15, 0.2) is 18.3 Å². The number of anilines is 1. The molecule has 1 saturated carbocycles. The van der Waals surface area contributed by atoms with Crippen molar-refractivity contribution < 1.29 is 4.79 Å². The maximum atomic E-state index is 11.8.